The fourth-order valence-electron chi connectivity index (χ4n) is 2.31. The van der Waals surface area contributed by atoms with Gasteiger partial charge in [-0.15, -0.1) is 0 Å². The number of hydrogen-bond donors (Lipinski definition) is 2. The molecule has 3 aromatic rings. The second-order valence-electron chi connectivity index (χ2n) is 5.59. The molecule has 0 aliphatic heterocycles. The fourth-order valence-corrected chi connectivity index (χ4v) is 2.83. The molecular formula is C16H13ClF3N7S. The molecule has 1 unspecified atom stereocenters. The molecule has 0 saturated heterocycles. The van der Waals surface area contributed by atoms with Crippen molar-refractivity contribution in [3.63, 3.8) is 0 Å². The Labute approximate surface area is 168 Å². The monoisotopic (exact) mass is 427 g/mol. The zero-order valence-electron chi connectivity index (χ0n) is 14.3. The molecule has 0 fully saturated rings. The Kier molecular flexibility index (Phi) is 5.75. The van der Waals surface area contributed by atoms with Gasteiger partial charge in [0.25, 0.3) is 5.95 Å². The maximum absolute atomic E-state index is 12.7. The predicted octanol–water partition coefficient (Wildman–Crippen LogP) is 3.78. The van der Waals surface area contributed by atoms with Crippen molar-refractivity contribution in [1.29, 1.82) is 0 Å². The van der Waals surface area contributed by atoms with E-state index in [9.17, 15) is 13.2 Å². The summed E-state index contributed by atoms with van der Waals surface area (Å²) in [6.07, 6.45) is 0.0292. The lowest BCUT2D eigenvalue weighted by Gasteiger charge is -2.17. The van der Waals surface area contributed by atoms with Gasteiger partial charge in [-0.05, 0) is 43.4 Å². The number of aromatic nitrogens is 5. The first kappa shape index (κ1) is 20.0. The Morgan fingerprint density at radius 3 is 2.57 bits per heavy atom. The average Bonchev–Trinajstić information content (AvgIpc) is 3.13. The van der Waals surface area contributed by atoms with Gasteiger partial charge in [-0.25, -0.2) is 15.0 Å². The standard InChI is InChI=1S/C16H13ClF3N7S/c1-9(13-23-8-24-27(13)14-21-5-2-6-22-14)25-15(28)26-12-4-3-10(7-11(12)17)16(18,19)20/h2-9H,1H3,(H2,25,26,28). The zero-order chi connectivity index (χ0) is 20.3. The quantitative estimate of drug-likeness (QED) is 0.613. The lowest BCUT2D eigenvalue weighted by molar-refractivity contribution is -0.137. The van der Waals surface area contributed by atoms with E-state index in [2.05, 4.69) is 30.7 Å². The third-order valence-electron chi connectivity index (χ3n) is 3.60. The van der Waals surface area contributed by atoms with Crippen LogP contribution >= 0.6 is 23.8 Å². The highest BCUT2D eigenvalue weighted by atomic mass is 35.5. The van der Waals surface area contributed by atoms with Crippen LogP contribution in [0.3, 0.4) is 0 Å². The number of halogens is 4. The fraction of sp³-hybridized carbons (Fsp3) is 0.188. The second kappa shape index (κ2) is 8.07. The van der Waals surface area contributed by atoms with Crippen molar-refractivity contribution < 1.29 is 13.2 Å². The van der Waals surface area contributed by atoms with E-state index in [4.69, 9.17) is 23.8 Å². The number of thiocarbonyl (C=S) groups is 1. The van der Waals surface area contributed by atoms with E-state index in [1.54, 1.807) is 25.4 Å². The van der Waals surface area contributed by atoms with Crippen LogP contribution in [-0.2, 0) is 6.18 Å². The third kappa shape index (κ3) is 4.54. The Bertz CT molecular complexity index is 978. The molecular weight excluding hydrogens is 415 g/mol. The minimum absolute atomic E-state index is 0.104. The molecule has 0 amide bonds. The average molecular weight is 428 g/mol. The van der Waals surface area contributed by atoms with E-state index in [1.165, 1.54) is 17.1 Å². The van der Waals surface area contributed by atoms with E-state index < -0.39 is 17.8 Å². The number of nitrogens with zero attached hydrogens (tertiary/aromatic N) is 5. The molecule has 0 aliphatic rings. The number of anilines is 1. The van der Waals surface area contributed by atoms with Crippen LogP contribution in [0.1, 0.15) is 24.4 Å². The first-order valence-corrected chi connectivity index (χ1v) is 8.66. The number of nitrogens with one attached hydrogen (secondary N) is 2. The highest BCUT2D eigenvalue weighted by Gasteiger charge is 2.31. The van der Waals surface area contributed by atoms with Crippen LogP contribution in [0.4, 0.5) is 18.9 Å². The number of alkyl halides is 3. The van der Waals surface area contributed by atoms with Gasteiger partial charge in [0.1, 0.15) is 6.33 Å². The Morgan fingerprint density at radius 1 is 1.21 bits per heavy atom. The largest absolute Gasteiger partial charge is 0.416 e. The second-order valence-corrected chi connectivity index (χ2v) is 6.41. The van der Waals surface area contributed by atoms with Gasteiger partial charge in [-0.2, -0.15) is 23.0 Å². The molecule has 2 aromatic heterocycles. The Morgan fingerprint density at radius 2 is 1.93 bits per heavy atom. The normalized spacial score (nSPS) is 12.5. The Balaban J connectivity index is 1.70. The summed E-state index contributed by atoms with van der Waals surface area (Å²) in [5.41, 5.74) is -0.599. The summed E-state index contributed by atoms with van der Waals surface area (Å²) in [5, 5.41) is 9.89. The minimum Gasteiger partial charge on any atom is -0.353 e. The molecule has 146 valence electrons. The lowest BCUT2D eigenvalue weighted by Crippen LogP contribution is -2.32. The van der Waals surface area contributed by atoms with Crippen LogP contribution < -0.4 is 10.6 Å². The number of rotatable bonds is 4. The van der Waals surface area contributed by atoms with Crippen molar-refractivity contribution >= 4 is 34.6 Å². The first-order valence-electron chi connectivity index (χ1n) is 7.87. The molecule has 0 aliphatic carbocycles. The van der Waals surface area contributed by atoms with Gasteiger partial charge < -0.3 is 10.6 Å². The van der Waals surface area contributed by atoms with Crippen LogP contribution in [0.2, 0.25) is 5.02 Å². The lowest BCUT2D eigenvalue weighted by atomic mass is 10.2. The minimum atomic E-state index is -4.47. The van der Waals surface area contributed by atoms with Crippen molar-refractivity contribution in [1.82, 2.24) is 30.0 Å². The van der Waals surface area contributed by atoms with Crippen molar-refractivity contribution in [2.24, 2.45) is 0 Å². The van der Waals surface area contributed by atoms with Crippen LogP contribution in [0.15, 0.2) is 43.0 Å². The van der Waals surface area contributed by atoms with E-state index in [0.717, 1.165) is 12.1 Å². The van der Waals surface area contributed by atoms with Gasteiger partial charge in [0.15, 0.2) is 10.9 Å². The molecule has 2 N–H and O–H groups in total. The van der Waals surface area contributed by atoms with Gasteiger partial charge in [0.2, 0.25) is 0 Å². The molecule has 3 rings (SSSR count). The predicted molar refractivity (Wildman–Crippen MR) is 101 cm³/mol. The molecule has 28 heavy (non-hydrogen) atoms. The summed E-state index contributed by atoms with van der Waals surface area (Å²) < 4.78 is 39.6. The third-order valence-corrected chi connectivity index (χ3v) is 4.13. The topological polar surface area (TPSA) is 80.5 Å². The smallest absolute Gasteiger partial charge is 0.353 e. The van der Waals surface area contributed by atoms with Crippen molar-refractivity contribution in [3.8, 4) is 5.95 Å². The summed E-state index contributed by atoms with van der Waals surface area (Å²) in [6, 6.07) is 4.24. The number of hydrogen-bond acceptors (Lipinski definition) is 5. The van der Waals surface area contributed by atoms with Gasteiger partial charge >= 0.3 is 6.18 Å². The van der Waals surface area contributed by atoms with E-state index in [-0.39, 0.29) is 15.8 Å². The Hall–Kier alpha value is -2.79. The molecule has 2 heterocycles. The van der Waals surface area contributed by atoms with Gasteiger partial charge in [0.05, 0.1) is 22.3 Å². The highest BCUT2D eigenvalue weighted by Crippen LogP contribution is 2.33. The molecule has 0 spiro atoms. The first-order chi connectivity index (χ1) is 13.3. The molecule has 7 nitrogen and oxygen atoms in total. The summed E-state index contributed by atoms with van der Waals surface area (Å²) in [4.78, 5) is 12.4. The van der Waals surface area contributed by atoms with Gasteiger partial charge in [-0.3, -0.25) is 0 Å². The van der Waals surface area contributed by atoms with E-state index in [1.807, 2.05) is 0 Å². The van der Waals surface area contributed by atoms with Crippen LogP contribution in [0, 0.1) is 0 Å². The van der Waals surface area contributed by atoms with Gasteiger partial charge in [-0.1, -0.05) is 11.6 Å². The van der Waals surface area contributed by atoms with E-state index in [0.29, 0.717) is 11.8 Å². The van der Waals surface area contributed by atoms with E-state index >= 15 is 0 Å². The zero-order valence-corrected chi connectivity index (χ0v) is 15.8. The van der Waals surface area contributed by atoms with Crippen LogP contribution in [-0.4, -0.2) is 29.8 Å². The summed E-state index contributed by atoms with van der Waals surface area (Å²) >= 11 is 11.1. The van der Waals surface area contributed by atoms with Crippen LogP contribution in [0.5, 0.6) is 0 Å². The highest BCUT2D eigenvalue weighted by molar-refractivity contribution is 7.80. The molecule has 1 aromatic carbocycles. The molecule has 0 saturated carbocycles. The van der Waals surface area contributed by atoms with Gasteiger partial charge in [0, 0.05) is 12.4 Å². The SMILES string of the molecule is CC(NC(=S)Nc1ccc(C(F)(F)F)cc1Cl)c1ncnn1-c1ncccn1. The maximum Gasteiger partial charge on any atom is 0.416 e. The molecule has 0 radical (unpaired) electrons. The molecule has 1 atom stereocenters. The van der Waals surface area contributed by atoms with Crippen molar-refractivity contribution in [2.75, 3.05) is 5.32 Å². The summed E-state index contributed by atoms with van der Waals surface area (Å²) in [7, 11) is 0. The summed E-state index contributed by atoms with van der Waals surface area (Å²) in [5.74, 6) is 0.835. The van der Waals surface area contributed by atoms with Crippen molar-refractivity contribution in [2.45, 2.75) is 19.1 Å². The molecule has 0 bridgehead atoms. The molecule has 12 heteroatoms. The van der Waals surface area contributed by atoms with Crippen molar-refractivity contribution in [3.05, 3.63) is 59.4 Å². The maximum atomic E-state index is 12.7. The summed E-state index contributed by atoms with van der Waals surface area (Å²) in [6.45, 7) is 1.78. The number of benzene rings is 1. The van der Waals surface area contributed by atoms with Crippen LogP contribution in [0.25, 0.3) is 5.95 Å².